The summed E-state index contributed by atoms with van der Waals surface area (Å²) >= 11 is 0. The fourth-order valence-corrected chi connectivity index (χ4v) is 1.57. The van der Waals surface area contributed by atoms with E-state index in [0.717, 1.165) is 0 Å². The van der Waals surface area contributed by atoms with Gasteiger partial charge in [0.15, 0.2) is 0 Å². The van der Waals surface area contributed by atoms with Crippen molar-refractivity contribution in [3.8, 4) is 11.6 Å². The quantitative estimate of drug-likeness (QED) is 0.754. The minimum atomic E-state index is -0.446. The van der Waals surface area contributed by atoms with Crippen LogP contribution in [0.15, 0.2) is 18.2 Å². The Labute approximate surface area is 85.8 Å². The van der Waals surface area contributed by atoms with Crippen molar-refractivity contribution in [3.05, 3.63) is 29.6 Å². The summed E-state index contributed by atoms with van der Waals surface area (Å²) in [7, 11) is 0. The highest BCUT2D eigenvalue weighted by atomic mass is 19.1. The van der Waals surface area contributed by atoms with E-state index in [1.807, 2.05) is 0 Å². The largest absolute Gasteiger partial charge is 0.507 e. The third-order valence-electron chi connectivity index (χ3n) is 2.35. The lowest BCUT2D eigenvalue weighted by Gasteiger charge is -2.07. The number of rotatable bonds is 1. The molecule has 78 valence electrons. The van der Waals surface area contributed by atoms with Crippen LogP contribution in [-0.4, -0.2) is 15.2 Å². The standard InChI is InChI=1S/C11H10FNO2/c1-2-7-10(14)8-4-3-6(12)5-9(8)13-11(7)15/h3-5H,2H2,1H3,(H2,13,14,15). The van der Waals surface area contributed by atoms with E-state index in [1.165, 1.54) is 18.2 Å². The number of hydrogen-bond acceptors (Lipinski definition) is 3. The molecular weight excluding hydrogens is 197 g/mol. The maximum atomic E-state index is 12.9. The Morgan fingerprint density at radius 1 is 1.33 bits per heavy atom. The highest BCUT2D eigenvalue weighted by molar-refractivity contribution is 5.87. The zero-order valence-electron chi connectivity index (χ0n) is 8.16. The van der Waals surface area contributed by atoms with Crippen molar-refractivity contribution >= 4 is 10.9 Å². The van der Waals surface area contributed by atoms with Gasteiger partial charge in [-0.3, -0.25) is 0 Å². The number of fused-ring (bicyclic) bond motifs is 1. The monoisotopic (exact) mass is 207 g/mol. The lowest BCUT2D eigenvalue weighted by atomic mass is 10.1. The van der Waals surface area contributed by atoms with Crippen LogP contribution < -0.4 is 0 Å². The predicted octanol–water partition coefficient (Wildman–Crippen LogP) is 2.35. The number of aromatic nitrogens is 1. The van der Waals surface area contributed by atoms with Crippen LogP contribution in [0.5, 0.6) is 11.6 Å². The van der Waals surface area contributed by atoms with Gasteiger partial charge < -0.3 is 10.2 Å². The average Bonchev–Trinajstić information content (AvgIpc) is 2.17. The SMILES string of the molecule is CCc1c(O)nc2cc(F)ccc2c1O. The molecule has 3 nitrogen and oxygen atoms in total. The normalized spacial score (nSPS) is 10.8. The number of aromatic hydroxyl groups is 2. The molecule has 1 aromatic carbocycles. The second-order valence-corrected chi connectivity index (χ2v) is 3.28. The first-order chi connectivity index (χ1) is 7.13. The average molecular weight is 207 g/mol. The summed E-state index contributed by atoms with van der Waals surface area (Å²) in [5.41, 5.74) is 0.635. The van der Waals surface area contributed by atoms with Gasteiger partial charge in [-0.2, -0.15) is 0 Å². The molecule has 0 aliphatic carbocycles. The molecule has 0 aliphatic rings. The van der Waals surface area contributed by atoms with E-state index < -0.39 is 5.82 Å². The molecule has 0 bridgehead atoms. The molecule has 0 aliphatic heterocycles. The molecule has 15 heavy (non-hydrogen) atoms. The fourth-order valence-electron chi connectivity index (χ4n) is 1.57. The predicted molar refractivity (Wildman–Crippen MR) is 54.4 cm³/mol. The van der Waals surface area contributed by atoms with E-state index in [4.69, 9.17) is 0 Å². The Morgan fingerprint density at radius 3 is 2.73 bits per heavy atom. The summed E-state index contributed by atoms with van der Waals surface area (Å²) in [6, 6.07) is 3.88. The van der Waals surface area contributed by atoms with E-state index in [2.05, 4.69) is 4.98 Å². The minimum Gasteiger partial charge on any atom is -0.507 e. The highest BCUT2D eigenvalue weighted by Gasteiger charge is 2.12. The lowest BCUT2D eigenvalue weighted by molar-refractivity contribution is 0.429. The number of halogens is 1. The van der Waals surface area contributed by atoms with Crippen LogP contribution >= 0.6 is 0 Å². The van der Waals surface area contributed by atoms with Crippen LogP contribution in [0, 0.1) is 5.82 Å². The molecule has 1 heterocycles. The summed E-state index contributed by atoms with van der Waals surface area (Å²) < 4.78 is 12.9. The zero-order chi connectivity index (χ0) is 11.0. The number of benzene rings is 1. The van der Waals surface area contributed by atoms with Crippen molar-refractivity contribution in [2.24, 2.45) is 0 Å². The van der Waals surface area contributed by atoms with E-state index in [9.17, 15) is 14.6 Å². The zero-order valence-corrected chi connectivity index (χ0v) is 8.16. The number of nitrogens with zero attached hydrogens (tertiary/aromatic N) is 1. The van der Waals surface area contributed by atoms with Crippen molar-refractivity contribution in [2.45, 2.75) is 13.3 Å². The van der Waals surface area contributed by atoms with Crippen LogP contribution in [-0.2, 0) is 6.42 Å². The number of hydrogen-bond donors (Lipinski definition) is 2. The Morgan fingerprint density at radius 2 is 2.07 bits per heavy atom. The Kier molecular flexibility index (Phi) is 2.19. The molecule has 1 aromatic heterocycles. The van der Waals surface area contributed by atoms with Gasteiger partial charge in [0, 0.05) is 11.5 Å². The van der Waals surface area contributed by atoms with E-state index in [-0.39, 0.29) is 17.1 Å². The molecule has 0 saturated heterocycles. The maximum Gasteiger partial charge on any atom is 0.218 e. The number of pyridine rings is 1. The first-order valence-electron chi connectivity index (χ1n) is 4.63. The van der Waals surface area contributed by atoms with Crippen LogP contribution in [0.3, 0.4) is 0 Å². The summed E-state index contributed by atoms with van der Waals surface area (Å²) in [5.74, 6) is -0.717. The fraction of sp³-hybridized carbons (Fsp3) is 0.182. The molecule has 2 N–H and O–H groups in total. The highest BCUT2D eigenvalue weighted by Crippen LogP contribution is 2.33. The summed E-state index contributed by atoms with van der Waals surface area (Å²) in [6.45, 7) is 1.80. The van der Waals surface area contributed by atoms with Crippen molar-refractivity contribution in [1.82, 2.24) is 4.98 Å². The van der Waals surface area contributed by atoms with Crippen LogP contribution in [0.1, 0.15) is 12.5 Å². The van der Waals surface area contributed by atoms with E-state index in [1.54, 1.807) is 6.92 Å². The Hall–Kier alpha value is -1.84. The smallest absolute Gasteiger partial charge is 0.218 e. The van der Waals surface area contributed by atoms with Crippen molar-refractivity contribution in [2.75, 3.05) is 0 Å². The summed E-state index contributed by atoms with van der Waals surface area (Å²) in [4.78, 5) is 3.82. The maximum absolute atomic E-state index is 12.9. The van der Waals surface area contributed by atoms with Gasteiger partial charge in [0.25, 0.3) is 0 Å². The molecule has 0 amide bonds. The van der Waals surface area contributed by atoms with Gasteiger partial charge in [0.05, 0.1) is 11.1 Å². The van der Waals surface area contributed by atoms with Crippen molar-refractivity contribution in [1.29, 1.82) is 0 Å². The van der Waals surface area contributed by atoms with Crippen LogP contribution in [0.25, 0.3) is 10.9 Å². The minimum absolute atomic E-state index is 0.0278. The third kappa shape index (κ3) is 1.48. The topological polar surface area (TPSA) is 53.4 Å². The first-order valence-corrected chi connectivity index (χ1v) is 4.63. The second kappa shape index (κ2) is 3.38. The van der Waals surface area contributed by atoms with Gasteiger partial charge in [0.1, 0.15) is 11.6 Å². The summed E-state index contributed by atoms with van der Waals surface area (Å²) in [6.07, 6.45) is 0.470. The first kappa shape index (κ1) is 9.71. The van der Waals surface area contributed by atoms with Gasteiger partial charge in [-0.25, -0.2) is 9.37 Å². The van der Waals surface area contributed by atoms with Crippen LogP contribution in [0.2, 0.25) is 0 Å². The van der Waals surface area contributed by atoms with E-state index in [0.29, 0.717) is 17.4 Å². The molecule has 4 heteroatoms. The molecule has 2 rings (SSSR count). The molecular formula is C11H10FNO2. The van der Waals surface area contributed by atoms with Gasteiger partial charge >= 0.3 is 0 Å². The molecule has 0 unspecified atom stereocenters. The lowest BCUT2D eigenvalue weighted by Crippen LogP contribution is -1.90. The molecule has 2 aromatic rings. The van der Waals surface area contributed by atoms with Crippen molar-refractivity contribution < 1.29 is 14.6 Å². The van der Waals surface area contributed by atoms with Gasteiger partial charge in [-0.1, -0.05) is 6.92 Å². The van der Waals surface area contributed by atoms with Gasteiger partial charge in [-0.05, 0) is 18.6 Å². The Balaban J connectivity index is 2.84. The Bertz CT molecular complexity index is 525. The van der Waals surface area contributed by atoms with Crippen LogP contribution in [0.4, 0.5) is 4.39 Å². The molecule has 0 saturated carbocycles. The third-order valence-corrected chi connectivity index (χ3v) is 2.35. The van der Waals surface area contributed by atoms with Gasteiger partial charge in [-0.15, -0.1) is 0 Å². The van der Waals surface area contributed by atoms with E-state index >= 15 is 0 Å². The molecule has 0 atom stereocenters. The second-order valence-electron chi connectivity index (χ2n) is 3.28. The molecule has 0 spiro atoms. The molecule has 0 fully saturated rings. The summed E-state index contributed by atoms with van der Waals surface area (Å²) in [5, 5.41) is 19.7. The van der Waals surface area contributed by atoms with Gasteiger partial charge in [0.2, 0.25) is 5.88 Å². The van der Waals surface area contributed by atoms with Crippen molar-refractivity contribution in [3.63, 3.8) is 0 Å². The molecule has 0 radical (unpaired) electrons.